The zero-order chi connectivity index (χ0) is 36.2. The lowest BCUT2D eigenvalue weighted by atomic mass is 9.54. The first kappa shape index (κ1) is 36.7. The molecule has 0 heterocycles. The molecule has 0 saturated heterocycles. The number of carbonyl (C=O) groups excluding carboxylic acids is 4. The van der Waals surface area contributed by atoms with Crippen LogP contribution < -0.4 is 27.4 Å². The van der Waals surface area contributed by atoms with Crippen LogP contribution >= 0.6 is 0 Å². The molecule has 3 amide bonds. The summed E-state index contributed by atoms with van der Waals surface area (Å²) in [5.41, 5.74) is 11.5. The lowest BCUT2D eigenvalue weighted by molar-refractivity contribution is -0.173. The topological polar surface area (TPSA) is 178 Å². The highest BCUT2D eigenvalue weighted by molar-refractivity contribution is 5.96. The molecule has 2 aromatic rings. The van der Waals surface area contributed by atoms with Crippen LogP contribution in [0.4, 0.5) is 23.7 Å². The van der Waals surface area contributed by atoms with Gasteiger partial charge in [0, 0.05) is 12.8 Å². The third kappa shape index (κ3) is 9.33. The zero-order valence-electron chi connectivity index (χ0n) is 28.2. The largest absolute Gasteiger partial charge is 0.452 e. The number of aliphatic imine (C=N–C) groups is 1. The molecule has 50 heavy (non-hydrogen) atoms. The molecule has 270 valence electrons. The number of alkyl carbamates (subject to hydrolysis) is 1. The van der Waals surface area contributed by atoms with Crippen LogP contribution in [0.1, 0.15) is 63.5 Å². The minimum absolute atomic E-state index is 0.0961. The van der Waals surface area contributed by atoms with Gasteiger partial charge in [0.1, 0.15) is 23.7 Å². The zero-order valence-corrected chi connectivity index (χ0v) is 28.2. The Morgan fingerprint density at radius 2 is 1.32 bits per heavy atom. The van der Waals surface area contributed by atoms with Crippen molar-refractivity contribution in [2.45, 2.75) is 95.1 Å². The van der Waals surface area contributed by atoms with Crippen LogP contribution in [0.2, 0.25) is 0 Å². The van der Waals surface area contributed by atoms with E-state index >= 15 is 0 Å². The second kappa shape index (κ2) is 15.1. The van der Waals surface area contributed by atoms with Gasteiger partial charge in [-0.15, -0.1) is 0 Å². The van der Waals surface area contributed by atoms with Crippen LogP contribution in [0.5, 0.6) is 0 Å². The van der Waals surface area contributed by atoms with E-state index in [9.17, 15) is 32.3 Å². The molecule has 0 radical (unpaired) electrons. The van der Waals surface area contributed by atoms with E-state index in [4.69, 9.17) is 16.2 Å². The maximum Gasteiger partial charge on any atom is 0.452 e. The molecule has 11 nitrogen and oxygen atoms in total. The van der Waals surface area contributed by atoms with E-state index in [2.05, 4.69) is 20.9 Å². The summed E-state index contributed by atoms with van der Waals surface area (Å²) in [6.45, 7) is 3.44. The summed E-state index contributed by atoms with van der Waals surface area (Å²) < 4.78 is 47.3. The number of nitrogens with two attached hydrogens (primary N) is 2. The molecule has 4 fully saturated rings. The van der Waals surface area contributed by atoms with Crippen molar-refractivity contribution in [3.05, 3.63) is 65.7 Å². The molecule has 4 saturated carbocycles. The smallest absolute Gasteiger partial charge is 0.443 e. The Labute approximate surface area is 289 Å². The number of rotatable bonds is 13. The number of ketones is 1. The number of benzene rings is 2. The Bertz CT molecular complexity index is 1540. The molecule has 1 unspecified atom stereocenters. The molecule has 7 N–H and O–H groups in total. The van der Waals surface area contributed by atoms with E-state index in [-0.39, 0.29) is 12.4 Å². The van der Waals surface area contributed by atoms with Gasteiger partial charge in [-0.3, -0.25) is 14.4 Å². The van der Waals surface area contributed by atoms with Crippen LogP contribution in [-0.2, 0) is 32.0 Å². The first-order valence-electron chi connectivity index (χ1n) is 17.0. The quantitative estimate of drug-likeness (QED) is 0.154. The molecule has 14 heteroatoms. The van der Waals surface area contributed by atoms with Crippen molar-refractivity contribution in [1.82, 2.24) is 16.0 Å². The first-order valence-corrected chi connectivity index (χ1v) is 17.0. The third-order valence-electron chi connectivity index (χ3n) is 9.98. The highest BCUT2D eigenvalue weighted by Gasteiger charge is 2.53. The fraction of sp³-hybridized carbons (Fsp3) is 0.528. The van der Waals surface area contributed by atoms with Crippen molar-refractivity contribution >= 4 is 35.3 Å². The molecule has 2 aromatic carbocycles. The molecule has 6 rings (SSSR count). The van der Waals surface area contributed by atoms with E-state index in [1.165, 1.54) is 24.3 Å². The number of ether oxygens (including phenoxy) is 1. The molecule has 0 aliphatic heterocycles. The number of alkyl halides is 3. The van der Waals surface area contributed by atoms with Gasteiger partial charge in [-0.25, -0.2) is 9.79 Å². The minimum Gasteiger partial charge on any atom is -0.443 e. The molecule has 0 aromatic heterocycles. The summed E-state index contributed by atoms with van der Waals surface area (Å²) in [4.78, 5) is 57.1. The van der Waals surface area contributed by atoms with Crippen LogP contribution in [0.15, 0.2) is 59.6 Å². The molecule has 4 aliphatic rings. The summed E-state index contributed by atoms with van der Waals surface area (Å²) in [5.74, 6) is -2.91. The molecule has 4 bridgehead atoms. The number of amides is 3. The Morgan fingerprint density at radius 1 is 0.800 bits per heavy atom. The maximum atomic E-state index is 13.7. The maximum absolute atomic E-state index is 13.7. The molecular formula is C36H45F3N6O5. The third-order valence-corrected chi connectivity index (χ3v) is 9.98. The second-order valence-corrected chi connectivity index (χ2v) is 14.4. The Kier molecular flexibility index (Phi) is 11.1. The lowest BCUT2D eigenvalue weighted by Gasteiger charge is -2.55. The Hall–Kier alpha value is -4.62. The van der Waals surface area contributed by atoms with Gasteiger partial charge in [0.2, 0.25) is 11.8 Å². The number of nitrogens with zero attached hydrogens (tertiary/aromatic N) is 1. The number of guanidine groups is 1. The highest BCUT2D eigenvalue weighted by Crippen LogP contribution is 2.57. The number of Topliss-reactive ketones (excluding diaryl/α,β-unsaturated/α-hetero) is 1. The molecule has 0 spiro atoms. The van der Waals surface area contributed by atoms with Crippen molar-refractivity contribution < 1.29 is 37.1 Å². The van der Waals surface area contributed by atoms with Gasteiger partial charge in [0.05, 0.1) is 5.69 Å². The van der Waals surface area contributed by atoms with Crippen molar-refractivity contribution in [3.8, 4) is 0 Å². The van der Waals surface area contributed by atoms with Crippen LogP contribution in [0.3, 0.4) is 0 Å². The Balaban J connectivity index is 1.31. The van der Waals surface area contributed by atoms with Gasteiger partial charge in [0.15, 0.2) is 5.96 Å². The number of halogens is 3. The summed E-state index contributed by atoms with van der Waals surface area (Å²) in [5, 5.41) is 7.56. The SMILES string of the molecule is CC(C)[C@@H](NC(=O)OC12CC3CC(CC(C3)C1)C2)C(=O)N[C@@H](Cc1ccccc1)C(=O)NC(Cc1ccc(N=C(N)N)cc1)C(=O)C(F)(F)F. The van der Waals surface area contributed by atoms with Crippen LogP contribution in [0, 0.1) is 23.7 Å². The molecular weight excluding hydrogens is 653 g/mol. The number of hydrogen-bond acceptors (Lipinski definition) is 6. The monoisotopic (exact) mass is 698 g/mol. The van der Waals surface area contributed by atoms with Gasteiger partial charge in [-0.1, -0.05) is 56.3 Å². The second-order valence-electron chi connectivity index (χ2n) is 14.4. The van der Waals surface area contributed by atoms with Gasteiger partial charge in [-0.05, 0) is 85.5 Å². The highest BCUT2D eigenvalue weighted by atomic mass is 19.4. The normalized spacial score (nSPS) is 24.1. The van der Waals surface area contributed by atoms with Crippen molar-refractivity contribution in [1.29, 1.82) is 0 Å². The van der Waals surface area contributed by atoms with Crippen LogP contribution in [-0.4, -0.2) is 59.6 Å². The standard InChI is InChI=1S/C36H45F3N6O5/c1-20(2)29(45-34(49)50-35-17-23-12-24(18-35)14-25(13-23)19-35)32(48)44-28(16-21-6-4-3-5-7-21)31(47)43-27(30(46)36(37,38)39)15-22-8-10-26(11-9-22)42-33(40)41/h3-11,20,23-25,27-29H,12-19H2,1-2H3,(H,43,47)(H,44,48)(H,45,49)(H4,40,41,42)/t23?,24?,25?,27?,28-,29+,35?/m0/s1. The fourth-order valence-electron chi connectivity index (χ4n) is 8.14. The number of carbonyl (C=O) groups is 4. The van der Waals surface area contributed by atoms with E-state index in [1.807, 2.05) is 0 Å². The van der Waals surface area contributed by atoms with E-state index in [1.54, 1.807) is 44.2 Å². The summed E-state index contributed by atoms with van der Waals surface area (Å²) in [6.07, 6.45) is -0.656. The average molecular weight is 699 g/mol. The predicted octanol–water partition coefficient (Wildman–Crippen LogP) is 4.20. The van der Waals surface area contributed by atoms with Gasteiger partial charge in [0.25, 0.3) is 5.78 Å². The number of hydrogen-bond donors (Lipinski definition) is 5. The Morgan fingerprint density at radius 3 is 1.84 bits per heavy atom. The van der Waals surface area contributed by atoms with Gasteiger partial charge in [-0.2, -0.15) is 13.2 Å². The minimum atomic E-state index is -5.25. The summed E-state index contributed by atoms with van der Waals surface area (Å²) in [6, 6.07) is 9.87. The van der Waals surface area contributed by atoms with E-state index in [0.29, 0.717) is 34.6 Å². The summed E-state index contributed by atoms with van der Waals surface area (Å²) in [7, 11) is 0. The van der Waals surface area contributed by atoms with Crippen molar-refractivity contribution in [2.24, 2.45) is 40.1 Å². The fourth-order valence-corrected chi connectivity index (χ4v) is 8.14. The lowest BCUT2D eigenvalue weighted by Crippen LogP contribution is -2.59. The van der Waals surface area contributed by atoms with Crippen molar-refractivity contribution in [3.63, 3.8) is 0 Å². The first-order chi connectivity index (χ1) is 23.6. The molecule has 3 atom stereocenters. The average Bonchev–Trinajstić information content (AvgIpc) is 3.02. The van der Waals surface area contributed by atoms with Crippen LogP contribution in [0.25, 0.3) is 0 Å². The predicted molar refractivity (Wildman–Crippen MR) is 180 cm³/mol. The molecule has 4 aliphatic carbocycles. The van der Waals surface area contributed by atoms with E-state index in [0.717, 1.165) is 38.5 Å². The van der Waals surface area contributed by atoms with Crippen molar-refractivity contribution in [2.75, 3.05) is 0 Å². The van der Waals surface area contributed by atoms with Gasteiger partial charge < -0.3 is 32.2 Å². The number of nitrogens with one attached hydrogen (secondary N) is 3. The van der Waals surface area contributed by atoms with E-state index < -0.39 is 65.9 Å². The summed E-state index contributed by atoms with van der Waals surface area (Å²) >= 11 is 0. The van der Waals surface area contributed by atoms with Gasteiger partial charge >= 0.3 is 12.3 Å².